The van der Waals surface area contributed by atoms with Crippen LogP contribution in [0.1, 0.15) is 78.8 Å². The Bertz CT molecular complexity index is 980. The summed E-state index contributed by atoms with van der Waals surface area (Å²) in [4.78, 5) is 27.9. The lowest BCUT2D eigenvalue weighted by Crippen LogP contribution is -2.19. The van der Waals surface area contributed by atoms with Gasteiger partial charge in [-0.25, -0.2) is 0 Å². The molecule has 0 amide bonds. The van der Waals surface area contributed by atoms with Crippen LogP contribution in [-0.2, 0) is 17.6 Å². The SMILES string of the molecule is CCCC(CCCCCc1ccc(OC)cc1)c1[nH]ccc1CC(=O)C(=O)c1nn[nH]n1. The van der Waals surface area contributed by atoms with Gasteiger partial charge in [0.05, 0.1) is 7.11 Å². The van der Waals surface area contributed by atoms with Crippen molar-refractivity contribution in [1.82, 2.24) is 25.6 Å². The van der Waals surface area contributed by atoms with Crippen molar-refractivity contribution in [2.24, 2.45) is 0 Å². The van der Waals surface area contributed by atoms with Crippen LogP contribution in [0.5, 0.6) is 5.75 Å². The van der Waals surface area contributed by atoms with Crippen molar-refractivity contribution < 1.29 is 14.3 Å². The quantitative estimate of drug-likeness (QED) is 0.222. The predicted molar refractivity (Wildman–Crippen MR) is 121 cm³/mol. The van der Waals surface area contributed by atoms with Gasteiger partial charge in [-0.3, -0.25) is 9.59 Å². The first-order valence-electron chi connectivity index (χ1n) is 11.2. The zero-order valence-corrected chi connectivity index (χ0v) is 18.8. The van der Waals surface area contributed by atoms with Gasteiger partial charge in [0.25, 0.3) is 5.78 Å². The van der Waals surface area contributed by atoms with Crippen LogP contribution in [0.3, 0.4) is 0 Å². The van der Waals surface area contributed by atoms with E-state index >= 15 is 0 Å². The number of rotatable bonds is 14. The Morgan fingerprint density at radius 2 is 1.88 bits per heavy atom. The molecule has 0 aliphatic heterocycles. The molecule has 8 nitrogen and oxygen atoms in total. The first-order valence-corrected chi connectivity index (χ1v) is 11.2. The van der Waals surface area contributed by atoms with E-state index in [0.29, 0.717) is 5.92 Å². The molecule has 2 aromatic heterocycles. The van der Waals surface area contributed by atoms with Crippen molar-refractivity contribution >= 4 is 11.6 Å². The number of ether oxygens (including phenoxy) is 1. The number of carbonyl (C=O) groups excluding carboxylic acids is 2. The number of hydrogen-bond donors (Lipinski definition) is 2. The highest BCUT2D eigenvalue weighted by Gasteiger charge is 2.24. The minimum absolute atomic E-state index is 0.0455. The zero-order chi connectivity index (χ0) is 22.8. The molecule has 0 saturated heterocycles. The number of aromatic amines is 2. The van der Waals surface area contributed by atoms with Crippen LogP contribution in [0, 0.1) is 0 Å². The molecule has 1 atom stereocenters. The maximum atomic E-state index is 12.4. The highest BCUT2D eigenvalue weighted by molar-refractivity contribution is 6.43. The molecule has 0 aliphatic carbocycles. The topological polar surface area (TPSA) is 114 Å². The Balaban J connectivity index is 1.51. The summed E-state index contributed by atoms with van der Waals surface area (Å²) in [5, 5.41) is 12.8. The number of carbonyl (C=O) groups is 2. The van der Waals surface area contributed by atoms with Crippen molar-refractivity contribution in [2.75, 3.05) is 7.11 Å². The molecule has 2 heterocycles. The second-order valence-electron chi connectivity index (χ2n) is 8.01. The number of unbranched alkanes of at least 4 members (excludes halogenated alkanes) is 2. The van der Waals surface area contributed by atoms with Gasteiger partial charge in [0, 0.05) is 18.3 Å². The summed E-state index contributed by atoms with van der Waals surface area (Å²) in [6.07, 6.45) is 9.52. The molecule has 8 heteroatoms. The number of nitrogens with zero attached hydrogens (tertiary/aromatic N) is 3. The van der Waals surface area contributed by atoms with Gasteiger partial charge in [0.2, 0.25) is 11.6 Å². The van der Waals surface area contributed by atoms with Crippen LogP contribution in [0.25, 0.3) is 0 Å². The number of H-pyrrole nitrogens is 2. The minimum Gasteiger partial charge on any atom is -0.497 e. The van der Waals surface area contributed by atoms with Gasteiger partial charge in [-0.1, -0.05) is 38.3 Å². The molecule has 170 valence electrons. The molecule has 32 heavy (non-hydrogen) atoms. The molecule has 1 aromatic carbocycles. The Hall–Kier alpha value is -3.29. The summed E-state index contributed by atoms with van der Waals surface area (Å²) >= 11 is 0. The number of Topliss-reactive ketones (excluding diaryl/α,β-unsaturated/α-hetero) is 2. The van der Waals surface area contributed by atoms with Gasteiger partial charge >= 0.3 is 0 Å². The smallest absolute Gasteiger partial charge is 0.269 e. The summed E-state index contributed by atoms with van der Waals surface area (Å²) in [7, 11) is 1.68. The number of hydrogen-bond acceptors (Lipinski definition) is 6. The molecule has 0 aliphatic rings. The number of ketones is 2. The van der Waals surface area contributed by atoms with Crippen LogP contribution in [0.4, 0.5) is 0 Å². The van der Waals surface area contributed by atoms with Crippen molar-refractivity contribution in [3.63, 3.8) is 0 Å². The van der Waals surface area contributed by atoms with E-state index in [0.717, 1.165) is 62.0 Å². The zero-order valence-electron chi connectivity index (χ0n) is 18.8. The van der Waals surface area contributed by atoms with E-state index in [1.807, 2.05) is 24.4 Å². The molecule has 0 spiro atoms. The van der Waals surface area contributed by atoms with Gasteiger partial charge in [0.15, 0.2) is 0 Å². The number of aromatic nitrogens is 5. The van der Waals surface area contributed by atoms with E-state index in [1.165, 1.54) is 5.56 Å². The van der Waals surface area contributed by atoms with Gasteiger partial charge in [-0.05, 0) is 66.1 Å². The van der Waals surface area contributed by atoms with Crippen molar-refractivity contribution in [2.45, 2.75) is 64.2 Å². The third-order valence-corrected chi connectivity index (χ3v) is 5.74. The third kappa shape index (κ3) is 6.35. The molecule has 0 radical (unpaired) electrons. The Morgan fingerprint density at radius 1 is 1.06 bits per heavy atom. The first kappa shape index (κ1) is 23.4. The van der Waals surface area contributed by atoms with E-state index in [-0.39, 0.29) is 12.2 Å². The number of methoxy groups -OCH3 is 1. The van der Waals surface area contributed by atoms with Gasteiger partial charge in [-0.2, -0.15) is 5.21 Å². The predicted octanol–water partition coefficient (Wildman–Crippen LogP) is 4.22. The fourth-order valence-electron chi connectivity index (χ4n) is 4.05. The average molecular weight is 438 g/mol. The number of tetrazole rings is 1. The number of benzene rings is 1. The lowest BCUT2D eigenvalue weighted by molar-refractivity contribution is -0.114. The maximum Gasteiger partial charge on any atom is 0.269 e. The van der Waals surface area contributed by atoms with E-state index in [9.17, 15) is 9.59 Å². The largest absolute Gasteiger partial charge is 0.497 e. The maximum absolute atomic E-state index is 12.4. The summed E-state index contributed by atoms with van der Waals surface area (Å²) < 4.78 is 5.21. The van der Waals surface area contributed by atoms with Gasteiger partial charge in [-0.15, -0.1) is 10.2 Å². The lowest BCUT2D eigenvalue weighted by Gasteiger charge is -2.17. The fraction of sp³-hybridized carbons (Fsp3) is 0.458. The summed E-state index contributed by atoms with van der Waals surface area (Å²) in [6, 6.07) is 10.1. The molecule has 1 unspecified atom stereocenters. The van der Waals surface area contributed by atoms with Crippen LogP contribution >= 0.6 is 0 Å². The van der Waals surface area contributed by atoms with Gasteiger partial charge < -0.3 is 9.72 Å². The van der Waals surface area contributed by atoms with E-state index < -0.39 is 11.6 Å². The van der Waals surface area contributed by atoms with Crippen LogP contribution in [0.2, 0.25) is 0 Å². The Labute approximate surface area is 188 Å². The van der Waals surface area contributed by atoms with E-state index in [4.69, 9.17) is 4.74 Å². The third-order valence-electron chi connectivity index (χ3n) is 5.74. The molecular weight excluding hydrogens is 406 g/mol. The molecule has 2 N–H and O–H groups in total. The lowest BCUT2D eigenvalue weighted by atomic mass is 9.89. The number of nitrogens with one attached hydrogen (secondary N) is 2. The van der Waals surface area contributed by atoms with Crippen molar-refractivity contribution in [3.8, 4) is 5.75 Å². The van der Waals surface area contributed by atoms with E-state index in [1.54, 1.807) is 7.11 Å². The standard InChI is InChI=1S/C24H31N5O3/c1-3-7-18(9-6-4-5-8-17-10-12-20(32-2)13-11-17)22-19(14-15-25-22)16-21(30)23(31)24-26-28-29-27-24/h10-15,18,25H,3-9,16H2,1-2H3,(H,26,27,28,29). The second-order valence-corrected chi connectivity index (χ2v) is 8.01. The van der Waals surface area contributed by atoms with Crippen LogP contribution < -0.4 is 4.74 Å². The normalized spacial score (nSPS) is 11.9. The summed E-state index contributed by atoms with van der Waals surface area (Å²) in [5.41, 5.74) is 3.27. The minimum atomic E-state index is -0.712. The first-order chi connectivity index (χ1) is 15.6. The molecular formula is C24H31N5O3. The summed E-state index contributed by atoms with van der Waals surface area (Å²) in [6.45, 7) is 2.17. The van der Waals surface area contributed by atoms with E-state index in [2.05, 4.69) is 44.7 Å². The Morgan fingerprint density at radius 3 is 2.56 bits per heavy atom. The van der Waals surface area contributed by atoms with Crippen molar-refractivity contribution in [1.29, 1.82) is 0 Å². The molecule has 0 fully saturated rings. The van der Waals surface area contributed by atoms with Gasteiger partial charge in [0.1, 0.15) is 5.75 Å². The van der Waals surface area contributed by atoms with Crippen LogP contribution in [-0.4, -0.2) is 44.3 Å². The summed E-state index contributed by atoms with van der Waals surface area (Å²) in [5.74, 6) is -0.193. The monoisotopic (exact) mass is 437 g/mol. The number of aryl methyl sites for hydroxylation is 1. The molecule has 0 saturated carbocycles. The van der Waals surface area contributed by atoms with Crippen molar-refractivity contribution in [3.05, 3.63) is 59.2 Å². The molecule has 3 rings (SSSR count). The second kappa shape index (κ2) is 11.9. The Kier molecular flexibility index (Phi) is 8.71. The van der Waals surface area contributed by atoms with Crippen LogP contribution in [0.15, 0.2) is 36.5 Å². The molecule has 3 aromatic rings. The fourth-order valence-corrected chi connectivity index (χ4v) is 4.05. The highest BCUT2D eigenvalue weighted by atomic mass is 16.5. The average Bonchev–Trinajstić information content (AvgIpc) is 3.50. The highest BCUT2D eigenvalue weighted by Crippen LogP contribution is 2.29. The molecule has 0 bridgehead atoms.